The van der Waals surface area contributed by atoms with Gasteiger partial charge in [-0.2, -0.15) is 0 Å². The Hall–Kier alpha value is -2.08. The predicted molar refractivity (Wildman–Crippen MR) is 64.6 cm³/mol. The number of anilines is 1. The Bertz CT molecular complexity index is 634. The molecule has 0 aliphatic carbocycles. The molecule has 3 aromatic rings. The highest BCUT2D eigenvalue weighted by atomic mass is 32.2. The van der Waals surface area contributed by atoms with Gasteiger partial charge in [0.05, 0.1) is 0 Å². The molecule has 0 saturated carbocycles. The minimum Gasteiger partial charge on any atom is -0.431 e. The fraction of sp³-hybridized carbons (Fsp3) is 0. The van der Waals surface area contributed by atoms with Gasteiger partial charge < -0.3 is 10.2 Å². The lowest BCUT2D eigenvalue weighted by Crippen LogP contribution is -1.92. The van der Waals surface area contributed by atoms with Gasteiger partial charge in [0.25, 0.3) is 5.22 Å². The van der Waals surface area contributed by atoms with E-state index in [1.54, 1.807) is 12.3 Å². The van der Waals surface area contributed by atoms with Crippen LogP contribution >= 0.6 is 11.8 Å². The third kappa shape index (κ3) is 2.07. The van der Waals surface area contributed by atoms with E-state index in [0.717, 1.165) is 11.1 Å². The van der Waals surface area contributed by atoms with Crippen LogP contribution < -0.4 is 5.73 Å². The third-order valence-electron chi connectivity index (χ3n) is 2.11. The lowest BCUT2D eigenvalue weighted by atomic mass is 10.3. The van der Waals surface area contributed by atoms with Gasteiger partial charge in [0.1, 0.15) is 11.3 Å². The molecule has 17 heavy (non-hydrogen) atoms. The highest BCUT2D eigenvalue weighted by molar-refractivity contribution is 7.98. The Labute approximate surface area is 101 Å². The smallest absolute Gasteiger partial charge is 0.264 e. The molecule has 6 heteroatoms. The molecule has 0 spiro atoms. The molecular weight excluding hydrogens is 236 g/mol. The first-order valence-corrected chi connectivity index (χ1v) is 5.75. The summed E-state index contributed by atoms with van der Waals surface area (Å²) in [6.45, 7) is 0. The van der Waals surface area contributed by atoms with Crippen LogP contribution in [0.4, 0.5) is 5.82 Å². The number of nitrogen functional groups attached to an aromatic ring is 1. The van der Waals surface area contributed by atoms with E-state index in [4.69, 9.17) is 10.2 Å². The molecule has 0 amide bonds. The number of benzene rings is 1. The molecule has 2 N–H and O–H groups in total. The number of fused-ring (bicyclic) bond motifs is 1. The molecule has 0 aliphatic rings. The van der Waals surface area contributed by atoms with Gasteiger partial charge >= 0.3 is 0 Å². The number of hydrogen-bond donors (Lipinski definition) is 1. The summed E-state index contributed by atoms with van der Waals surface area (Å²) in [5.74, 6) is 0.429. The number of para-hydroxylation sites is 2. The molecule has 0 atom stereocenters. The second-order valence-electron chi connectivity index (χ2n) is 3.31. The van der Waals surface area contributed by atoms with Crippen LogP contribution in [0.3, 0.4) is 0 Å². The van der Waals surface area contributed by atoms with Crippen LogP contribution in [-0.4, -0.2) is 15.0 Å². The maximum absolute atomic E-state index is 5.57. The molecule has 0 fully saturated rings. The fourth-order valence-electron chi connectivity index (χ4n) is 1.38. The first kappa shape index (κ1) is 10.1. The van der Waals surface area contributed by atoms with E-state index in [0.29, 0.717) is 16.2 Å². The van der Waals surface area contributed by atoms with Crippen molar-refractivity contribution in [1.82, 2.24) is 15.0 Å². The van der Waals surface area contributed by atoms with Crippen LogP contribution in [0.15, 0.2) is 51.3 Å². The molecular formula is C11H8N4OS. The molecule has 2 aromatic heterocycles. The van der Waals surface area contributed by atoms with Crippen molar-refractivity contribution < 1.29 is 4.42 Å². The largest absolute Gasteiger partial charge is 0.431 e. The van der Waals surface area contributed by atoms with Crippen LogP contribution in [-0.2, 0) is 0 Å². The van der Waals surface area contributed by atoms with Crippen LogP contribution in [0, 0.1) is 0 Å². The molecule has 3 rings (SSSR count). The summed E-state index contributed by atoms with van der Waals surface area (Å²) in [6, 6.07) is 9.21. The predicted octanol–water partition coefficient (Wildman–Crippen LogP) is 2.35. The van der Waals surface area contributed by atoms with Crippen LogP contribution in [0.2, 0.25) is 0 Å². The standard InChI is InChI=1S/C11H8N4OS/c12-9-5-6-13-10(15-9)17-11-14-7-3-1-2-4-8(7)16-11/h1-6H,(H2,12,13,15). The lowest BCUT2D eigenvalue weighted by Gasteiger charge is -1.95. The average Bonchev–Trinajstić information content (AvgIpc) is 2.71. The van der Waals surface area contributed by atoms with Crippen molar-refractivity contribution in [1.29, 1.82) is 0 Å². The van der Waals surface area contributed by atoms with Gasteiger partial charge in [-0.05, 0) is 18.2 Å². The fourth-order valence-corrected chi connectivity index (χ4v) is 2.07. The molecule has 0 aliphatic heterocycles. The molecule has 84 valence electrons. The Morgan fingerprint density at radius 1 is 1.12 bits per heavy atom. The van der Waals surface area contributed by atoms with Crippen LogP contribution in [0.5, 0.6) is 0 Å². The topological polar surface area (TPSA) is 77.8 Å². The monoisotopic (exact) mass is 244 g/mol. The summed E-state index contributed by atoms with van der Waals surface area (Å²) >= 11 is 1.25. The zero-order valence-electron chi connectivity index (χ0n) is 8.70. The third-order valence-corrected chi connectivity index (χ3v) is 2.84. The summed E-state index contributed by atoms with van der Waals surface area (Å²) in [5, 5.41) is 1.04. The first-order chi connectivity index (χ1) is 8.31. The van der Waals surface area contributed by atoms with Gasteiger partial charge in [0.2, 0.25) is 0 Å². The maximum Gasteiger partial charge on any atom is 0.264 e. The van der Waals surface area contributed by atoms with Crippen molar-refractivity contribution in [3.63, 3.8) is 0 Å². The van der Waals surface area contributed by atoms with Gasteiger partial charge in [-0.25, -0.2) is 15.0 Å². The number of hydrogen-bond acceptors (Lipinski definition) is 6. The Balaban J connectivity index is 1.94. The molecule has 0 bridgehead atoms. The molecule has 5 nitrogen and oxygen atoms in total. The minimum atomic E-state index is 0.429. The second kappa shape index (κ2) is 4.06. The van der Waals surface area contributed by atoms with Crippen molar-refractivity contribution in [3.05, 3.63) is 36.5 Å². The molecule has 0 radical (unpaired) electrons. The maximum atomic E-state index is 5.57. The molecule has 0 unspecified atom stereocenters. The number of nitrogens with zero attached hydrogens (tertiary/aromatic N) is 3. The molecule has 2 heterocycles. The number of aromatic nitrogens is 3. The van der Waals surface area contributed by atoms with E-state index in [-0.39, 0.29) is 0 Å². The van der Waals surface area contributed by atoms with Gasteiger partial charge in [-0.3, -0.25) is 0 Å². The highest BCUT2D eigenvalue weighted by Crippen LogP contribution is 2.27. The number of nitrogens with two attached hydrogens (primary N) is 1. The Kier molecular flexibility index (Phi) is 2.41. The Morgan fingerprint density at radius 2 is 2.00 bits per heavy atom. The Morgan fingerprint density at radius 3 is 2.82 bits per heavy atom. The van der Waals surface area contributed by atoms with Crippen molar-refractivity contribution in [2.24, 2.45) is 0 Å². The van der Waals surface area contributed by atoms with Gasteiger partial charge in [-0.1, -0.05) is 12.1 Å². The van der Waals surface area contributed by atoms with E-state index in [2.05, 4.69) is 15.0 Å². The molecule has 0 saturated heterocycles. The highest BCUT2D eigenvalue weighted by Gasteiger charge is 2.08. The second-order valence-corrected chi connectivity index (χ2v) is 4.23. The number of oxazole rings is 1. The van der Waals surface area contributed by atoms with Crippen LogP contribution in [0.1, 0.15) is 0 Å². The summed E-state index contributed by atoms with van der Waals surface area (Å²) in [6.07, 6.45) is 1.60. The van der Waals surface area contributed by atoms with Crippen molar-refractivity contribution >= 4 is 28.7 Å². The summed E-state index contributed by atoms with van der Waals surface area (Å²) in [5.41, 5.74) is 7.14. The zero-order valence-corrected chi connectivity index (χ0v) is 9.52. The van der Waals surface area contributed by atoms with Gasteiger partial charge in [0, 0.05) is 18.0 Å². The lowest BCUT2D eigenvalue weighted by molar-refractivity contribution is 0.488. The van der Waals surface area contributed by atoms with Gasteiger partial charge in [-0.15, -0.1) is 0 Å². The summed E-state index contributed by atoms with van der Waals surface area (Å²) in [7, 11) is 0. The van der Waals surface area contributed by atoms with Gasteiger partial charge in [0.15, 0.2) is 10.7 Å². The van der Waals surface area contributed by atoms with Crippen molar-refractivity contribution in [2.45, 2.75) is 10.4 Å². The SMILES string of the molecule is Nc1ccnc(Sc2nc3ccccc3o2)n1. The van der Waals surface area contributed by atoms with E-state index in [1.165, 1.54) is 11.8 Å². The van der Waals surface area contributed by atoms with Crippen molar-refractivity contribution in [3.8, 4) is 0 Å². The molecule has 1 aromatic carbocycles. The average molecular weight is 244 g/mol. The summed E-state index contributed by atoms with van der Waals surface area (Å²) < 4.78 is 5.54. The first-order valence-electron chi connectivity index (χ1n) is 4.93. The quantitative estimate of drug-likeness (QED) is 0.697. The van der Waals surface area contributed by atoms with Crippen molar-refractivity contribution in [2.75, 3.05) is 5.73 Å². The minimum absolute atomic E-state index is 0.429. The van der Waals surface area contributed by atoms with E-state index in [9.17, 15) is 0 Å². The zero-order chi connectivity index (χ0) is 11.7. The van der Waals surface area contributed by atoms with E-state index >= 15 is 0 Å². The normalized spacial score (nSPS) is 10.8. The summed E-state index contributed by atoms with van der Waals surface area (Å²) in [4.78, 5) is 12.5. The van der Waals surface area contributed by atoms with Crippen LogP contribution in [0.25, 0.3) is 11.1 Å². The van der Waals surface area contributed by atoms with E-state index < -0.39 is 0 Å². The number of rotatable bonds is 2. The van der Waals surface area contributed by atoms with E-state index in [1.807, 2.05) is 24.3 Å².